The number of Topliss-reactive ketones (excluding diaryl/α,β-unsaturated/α-hetero) is 1. The summed E-state index contributed by atoms with van der Waals surface area (Å²) in [7, 11) is -0.330. The lowest BCUT2D eigenvalue weighted by atomic mass is 9.12. The molecule has 0 saturated heterocycles. The van der Waals surface area contributed by atoms with Crippen LogP contribution in [0.2, 0.25) is 0 Å². The van der Waals surface area contributed by atoms with Gasteiger partial charge in [0.1, 0.15) is 64.2 Å². The highest BCUT2D eigenvalue weighted by atomic mass is 32.2. The highest BCUT2D eigenvalue weighted by Gasteiger charge is 2.52. The smallest absolute Gasteiger partial charge is 0.212 e. The Morgan fingerprint density at radius 3 is 1.01 bits per heavy atom. The van der Waals surface area contributed by atoms with Gasteiger partial charge in [-0.05, 0) is 36.4 Å². The average molecular weight is 1040 g/mol. The largest absolute Gasteiger partial charge is 0.508 e. The minimum absolute atomic E-state index is 0.107. The van der Waals surface area contributed by atoms with Crippen molar-refractivity contribution in [1.29, 1.82) is 5.26 Å². The highest BCUT2D eigenvalue weighted by molar-refractivity contribution is 7.96. The molecule has 7 aromatic rings. The van der Waals surface area contributed by atoms with E-state index in [0.29, 0.717) is 16.9 Å². The summed E-state index contributed by atoms with van der Waals surface area (Å²) < 4.78 is 294. The van der Waals surface area contributed by atoms with Crippen LogP contribution in [0, 0.1) is 128 Å². The van der Waals surface area contributed by atoms with Gasteiger partial charge in [0.15, 0.2) is 80.5 Å². The molecule has 1 atom stereocenters. The van der Waals surface area contributed by atoms with Gasteiger partial charge in [-0.2, -0.15) is 5.26 Å². The molecule has 71 heavy (non-hydrogen) atoms. The van der Waals surface area contributed by atoms with E-state index in [-0.39, 0.29) is 22.4 Å². The molecular formula is C46H18BF20NO2S. The second-order valence-electron chi connectivity index (χ2n) is 14.7. The fourth-order valence-electron chi connectivity index (χ4n) is 7.47. The number of ketones is 1. The summed E-state index contributed by atoms with van der Waals surface area (Å²) >= 11 is 0. The van der Waals surface area contributed by atoms with Gasteiger partial charge in [-0.3, -0.25) is 4.79 Å². The first kappa shape index (κ1) is 52.9. The van der Waals surface area contributed by atoms with Crippen LogP contribution in [0.15, 0.2) is 83.8 Å². The predicted octanol–water partition coefficient (Wildman–Crippen LogP) is 10.2. The number of carbonyl (C=O) groups excluding carboxylic acids is 1. The lowest BCUT2D eigenvalue weighted by Crippen LogP contribution is -2.81. The minimum Gasteiger partial charge on any atom is -0.508 e. The second-order valence-corrected chi connectivity index (χ2v) is 16.7. The van der Waals surface area contributed by atoms with Gasteiger partial charge in [0, 0.05) is 22.0 Å². The standard InChI is InChI=1S/C24BF20.C22H17NO2S/c26-5-1(6(27)14(35)21(42)13(5)34)25(2-7(28)15(36)22(43)16(37)8(2)29,3-9(30)17(38)23(44)18(39)10(3)31)4-11(32)19(40)24(45)20(41)12(4)33;23-14-17-6-8-18(9-7-17)15-26(21-12-10-20(24)11-13-21)16-22(25)19-4-2-1-3-5-19/h;1-13H,15-16H2/q-1;/p+1. The first-order valence-corrected chi connectivity index (χ1v) is 20.7. The number of halogens is 20. The normalized spacial score (nSPS) is 11.8. The molecule has 0 fully saturated rings. The van der Waals surface area contributed by atoms with Crippen molar-refractivity contribution in [3.63, 3.8) is 0 Å². The van der Waals surface area contributed by atoms with E-state index in [4.69, 9.17) is 5.26 Å². The van der Waals surface area contributed by atoms with Crippen LogP contribution in [0.4, 0.5) is 87.8 Å². The number of hydrogen-bond donors (Lipinski definition) is 1. The molecular weight excluding hydrogens is 1020 g/mol. The Kier molecular flexibility index (Phi) is 15.2. The first-order valence-electron chi connectivity index (χ1n) is 19.1. The van der Waals surface area contributed by atoms with E-state index in [0.717, 1.165) is 16.2 Å². The third-order valence-corrected chi connectivity index (χ3v) is 12.9. The van der Waals surface area contributed by atoms with Crippen LogP contribution in [0.1, 0.15) is 21.5 Å². The molecule has 25 heteroatoms. The van der Waals surface area contributed by atoms with Gasteiger partial charge in [0.2, 0.25) is 5.78 Å². The molecule has 7 rings (SSSR count). The number of aromatic hydroxyl groups is 1. The fraction of sp³-hybridized carbons (Fsp3) is 0.0435. The molecule has 0 aliphatic rings. The molecule has 1 N–H and O–H groups in total. The Morgan fingerprint density at radius 2 is 0.718 bits per heavy atom. The Morgan fingerprint density at radius 1 is 0.423 bits per heavy atom. The molecule has 0 aromatic heterocycles. The second kappa shape index (κ2) is 20.5. The molecule has 368 valence electrons. The molecule has 0 aliphatic heterocycles. The Bertz CT molecular complexity index is 2920. The van der Waals surface area contributed by atoms with Crippen LogP contribution >= 0.6 is 0 Å². The summed E-state index contributed by atoms with van der Waals surface area (Å²) in [6.07, 6.45) is -7.22. The molecule has 3 nitrogen and oxygen atoms in total. The number of nitrogens with zero attached hydrogens (tertiary/aromatic N) is 1. The van der Waals surface area contributed by atoms with Gasteiger partial charge < -0.3 is 5.11 Å². The van der Waals surface area contributed by atoms with Gasteiger partial charge in [-0.25, -0.2) is 87.8 Å². The molecule has 0 saturated carbocycles. The summed E-state index contributed by atoms with van der Waals surface area (Å²) in [6.45, 7) is 0. The van der Waals surface area contributed by atoms with E-state index >= 15 is 35.1 Å². The molecule has 0 spiro atoms. The average Bonchev–Trinajstić information content (AvgIpc) is 3.36. The summed E-state index contributed by atoms with van der Waals surface area (Å²) in [5, 5.41) is 18.5. The monoisotopic (exact) mass is 1040 g/mol. The fourth-order valence-corrected chi connectivity index (χ4v) is 9.51. The molecule has 7 aromatic carbocycles. The SMILES string of the molecule is Fc1c(F)c(F)c([B-](c2c(F)c(F)c(F)c(F)c2F)(c2c(F)c(F)c(F)c(F)c2F)c2c(F)c(F)c(F)c(F)c2F)c(F)c1F.N#Cc1ccc(C[S+](CC(=O)c2ccccc2)c2ccc(O)cc2)cc1. The lowest BCUT2D eigenvalue weighted by molar-refractivity contribution is 0.102. The van der Waals surface area contributed by atoms with Crippen LogP contribution in [-0.4, -0.2) is 22.8 Å². The van der Waals surface area contributed by atoms with Crippen molar-refractivity contribution in [2.24, 2.45) is 0 Å². The number of nitriles is 1. The maximum absolute atomic E-state index is 15.4. The summed E-state index contributed by atoms with van der Waals surface area (Å²) in [5.74, 6) is -70.0. The first-order chi connectivity index (χ1) is 33.4. The number of rotatable bonds is 10. The van der Waals surface area contributed by atoms with Crippen molar-refractivity contribution in [3.8, 4) is 11.8 Å². The van der Waals surface area contributed by atoms with Gasteiger partial charge in [-0.1, -0.05) is 42.5 Å². The van der Waals surface area contributed by atoms with Crippen molar-refractivity contribution < 1.29 is 97.7 Å². The van der Waals surface area contributed by atoms with E-state index in [9.17, 15) is 62.6 Å². The maximum Gasteiger partial charge on any atom is 0.212 e. The van der Waals surface area contributed by atoms with E-state index < -0.39 is 144 Å². The lowest BCUT2D eigenvalue weighted by Gasteiger charge is -2.44. The summed E-state index contributed by atoms with van der Waals surface area (Å²) in [4.78, 5) is 13.7. The Hall–Kier alpha value is -7.49. The van der Waals surface area contributed by atoms with Crippen molar-refractivity contribution in [1.82, 2.24) is 0 Å². The summed E-state index contributed by atoms with van der Waals surface area (Å²) in [6, 6.07) is 26.0. The van der Waals surface area contributed by atoms with Gasteiger partial charge in [0.05, 0.1) is 11.6 Å². The summed E-state index contributed by atoms with van der Waals surface area (Å²) in [5.41, 5.74) is -11.9. The van der Waals surface area contributed by atoms with E-state index in [1.165, 1.54) is 0 Å². The minimum atomic E-state index is -7.22. The maximum atomic E-state index is 15.4. The Labute approximate surface area is 387 Å². The number of benzene rings is 7. The predicted molar refractivity (Wildman–Crippen MR) is 213 cm³/mol. The van der Waals surface area contributed by atoms with Gasteiger partial charge >= 0.3 is 0 Å². The molecule has 0 amide bonds. The van der Waals surface area contributed by atoms with Crippen LogP contribution in [-0.2, 0) is 16.6 Å². The number of carbonyl (C=O) groups is 1. The molecule has 0 bridgehead atoms. The quantitative estimate of drug-likeness (QED) is 0.0371. The molecule has 0 aliphatic carbocycles. The van der Waals surface area contributed by atoms with Crippen molar-refractivity contribution in [3.05, 3.63) is 212 Å². The number of hydrogen-bond acceptors (Lipinski definition) is 3. The van der Waals surface area contributed by atoms with Crippen LogP contribution in [0.3, 0.4) is 0 Å². The zero-order valence-electron chi connectivity index (χ0n) is 34.3. The van der Waals surface area contributed by atoms with E-state index in [1.807, 2.05) is 54.6 Å². The van der Waals surface area contributed by atoms with Crippen molar-refractivity contribution >= 4 is 44.7 Å². The van der Waals surface area contributed by atoms with Crippen molar-refractivity contribution in [2.75, 3.05) is 5.75 Å². The molecule has 1 unspecified atom stereocenters. The van der Waals surface area contributed by atoms with Crippen LogP contribution in [0.25, 0.3) is 0 Å². The highest BCUT2D eigenvalue weighted by Crippen LogP contribution is 2.31. The Balaban J connectivity index is 0.000000268. The number of phenols is 1. The zero-order chi connectivity index (χ0) is 52.7. The zero-order valence-corrected chi connectivity index (χ0v) is 35.1. The molecule has 0 radical (unpaired) electrons. The van der Waals surface area contributed by atoms with Gasteiger partial charge in [-0.15, -0.1) is 21.9 Å². The van der Waals surface area contributed by atoms with Crippen LogP contribution in [0.5, 0.6) is 5.75 Å². The van der Waals surface area contributed by atoms with E-state index in [1.54, 1.807) is 24.3 Å². The molecule has 0 heterocycles. The van der Waals surface area contributed by atoms with Crippen LogP contribution < -0.4 is 21.9 Å². The van der Waals surface area contributed by atoms with Crippen molar-refractivity contribution in [2.45, 2.75) is 10.6 Å². The third kappa shape index (κ3) is 9.11. The van der Waals surface area contributed by atoms with E-state index in [2.05, 4.69) is 6.07 Å². The van der Waals surface area contributed by atoms with Gasteiger partial charge in [0.25, 0.3) is 0 Å². The number of phenolic OH excluding ortho intramolecular Hbond substituents is 1. The topological polar surface area (TPSA) is 61.1 Å². The third-order valence-electron chi connectivity index (χ3n) is 10.7.